The van der Waals surface area contributed by atoms with Crippen LogP contribution in [-0.2, 0) is 33.4 Å². The molecule has 3 atom stereocenters. The van der Waals surface area contributed by atoms with Gasteiger partial charge in [-0.3, -0.25) is 0 Å². The minimum atomic E-state index is -3.64. The van der Waals surface area contributed by atoms with Gasteiger partial charge in [-0.1, -0.05) is 40.2 Å². The van der Waals surface area contributed by atoms with Crippen molar-refractivity contribution in [2.75, 3.05) is 56.1 Å². The van der Waals surface area contributed by atoms with Crippen molar-refractivity contribution in [2.24, 2.45) is 4.36 Å². The Hall–Kier alpha value is -1.23. The Morgan fingerprint density at radius 3 is 2.43 bits per heavy atom. The Kier molecular flexibility index (Phi) is 14.9. The molecule has 46 heavy (non-hydrogen) atoms. The molecule has 1 aliphatic heterocycles. The molecule has 2 heterocycles. The van der Waals surface area contributed by atoms with E-state index in [2.05, 4.69) is 30.0 Å². The van der Waals surface area contributed by atoms with Crippen LogP contribution < -0.4 is 14.2 Å². The third-order valence-electron chi connectivity index (χ3n) is 8.56. The van der Waals surface area contributed by atoms with Gasteiger partial charge in [0.25, 0.3) is 6.43 Å². The van der Waals surface area contributed by atoms with E-state index < -0.39 is 60.5 Å². The highest BCUT2D eigenvalue weighted by Gasteiger charge is 2.53. The number of hydrogen-bond acceptors (Lipinski definition) is 7. The first-order valence-corrected chi connectivity index (χ1v) is 21.5. The molecule has 8 nitrogen and oxygen atoms in total. The van der Waals surface area contributed by atoms with Gasteiger partial charge in [-0.15, -0.1) is 4.72 Å². The number of pyridine rings is 1. The van der Waals surface area contributed by atoms with Crippen LogP contribution in [-0.4, -0.2) is 80.5 Å². The van der Waals surface area contributed by atoms with Crippen LogP contribution in [0.2, 0.25) is 0 Å². The van der Waals surface area contributed by atoms with Gasteiger partial charge in [0, 0.05) is 47.5 Å². The topological polar surface area (TPSA) is 99.1 Å². The number of unbranched alkanes of at least 4 members (excludes halogenated alkanes) is 1. The Morgan fingerprint density at radius 2 is 1.85 bits per heavy atom. The van der Waals surface area contributed by atoms with Crippen LogP contribution in [0.3, 0.4) is 0 Å². The number of hydrogen-bond donors (Lipinski definition) is 1. The van der Waals surface area contributed by atoms with E-state index in [0.29, 0.717) is 71.4 Å². The summed E-state index contributed by atoms with van der Waals surface area (Å²) in [6, 6.07) is 6.78. The highest BCUT2D eigenvalue weighted by atomic mass is 79.9. The summed E-state index contributed by atoms with van der Waals surface area (Å²) in [5, 5.41) is 0. The average Bonchev–Trinajstić information content (AvgIpc) is 3.22. The highest BCUT2D eigenvalue weighted by molar-refractivity contribution is 9.10. The third kappa shape index (κ3) is 8.67. The smallest absolute Gasteiger partial charge is 0.267 e. The standard InChI is InChI=1S/C31H48BrF3N4O4S3/c1-7-11-18-44(40)38-31(30(34)35,29-28(33)26(20-27(32)37-29)45(8-2,9-3)10-4)22-46(41)36-16-12-13-17-39(46)21-23-14-15-24(42-5)19-25(23)43-6/h14-15,19-20,30,38H,7-13,16-18,21-22H2,1-6H3/t31-,44-,46?/m0/s1. The number of halogens is 4. The van der Waals surface area contributed by atoms with Crippen molar-refractivity contribution >= 4 is 47.2 Å². The average molecular weight is 774 g/mol. The molecule has 1 N–H and O–H groups in total. The van der Waals surface area contributed by atoms with E-state index >= 15 is 17.4 Å². The third-order valence-corrected chi connectivity index (χ3v) is 17.3. The highest BCUT2D eigenvalue weighted by Crippen LogP contribution is 2.57. The van der Waals surface area contributed by atoms with Gasteiger partial charge in [-0.05, 0) is 64.6 Å². The van der Waals surface area contributed by atoms with E-state index in [1.807, 2.05) is 27.7 Å². The number of nitrogens with zero attached hydrogens (tertiary/aromatic N) is 3. The van der Waals surface area contributed by atoms with Gasteiger partial charge in [-0.2, -0.15) is 0 Å². The number of rotatable bonds is 17. The van der Waals surface area contributed by atoms with Crippen LogP contribution in [0.5, 0.6) is 11.5 Å². The van der Waals surface area contributed by atoms with Crippen molar-refractivity contribution in [3.05, 3.63) is 45.9 Å². The second kappa shape index (κ2) is 17.4. The summed E-state index contributed by atoms with van der Waals surface area (Å²) >= 11 is 1.36. The lowest BCUT2D eigenvalue weighted by Gasteiger charge is -2.40. The number of aromatic nitrogens is 1. The van der Waals surface area contributed by atoms with Gasteiger partial charge < -0.3 is 14.0 Å². The molecule has 0 amide bonds. The van der Waals surface area contributed by atoms with Crippen molar-refractivity contribution in [3.8, 4) is 11.5 Å². The molecule has 262 valence electrons. The lowest BCUT2D eigenvalue weighted by Crippen LogP contribution is -2.58. The molecule has 1 aliphatic rings. The lowest BCUT2D eigenvalue weighted by atomic mass is 9.98. The molecule has 0 spiro atoms. The summed E-state index contributed by atoms with van der Waals surface area (Å²) < 4.78 is 96.9. The zero-order chi connectivity index (χ0) is 34.1. The quantitative estimate of drug-likeness (QED) is 0.133. The normalized spacial score (nSPS) is 20.1. The van der Waals surface area contributed by atoms with E-state index in [4.69, 9.17) is 9.47 Å². The molecule has 0 aliphatic carbocycles. The van der Waals surface area contributed by atoms with E-state index in [0.717, 1.165) is 0 Å². The van der Waals surface area contributed by atoms with Gasteiger partial charge in [-0.25, -0.2) is 41.1 Å². The Bertz CT molecular complexity index is 1420. The van der Waals surface area contributed by atoms with Gasteiger partial charge in [0.1, 0.15) is 37.5 Å². The van der Waals surface area contributed by atoms with Crippen molar-refractivity contribution in [1.29, 1.82) is 0 Å². The van der Waals surface area contributed by atoms with Crippen molar-refractivity contribution in [3.63, 3.8) is 0 Å². The molecule has 0 fully saturated rings. The molecule has 1 aromatic heterocycles. The minimum Gasteiger partial charge on any atom is -0.598 e. The first-order chi connectivity index (χ1) is 21.9. The van der Waals surface area contributed by atoms with E-state index in [1.165, 1.54) is 14.2 Å². The van der Waals surface area contributed by atoms with Crippen LogP contribution in [0.1, 0.15) is 64.6 Å². The summed E-state index contributed by atoms with van der Waals surface area (Å²) in [5.74, 6) is 1.35. The molecular formula is C31H48BrF3N4O4S3. The molecule has 1 unspecified atom stereocenters. The van der Waals surface area contributed by atoms with Crippen LogP contribution in [0, 0.1) is 5.82 Å². The second-order valence-corrected chi connectivity index (χ2v) is 19.8. The van der Waals surface area contributed by atoms with Crippen LogP contribution in [0.15, 0.2) is 38.1 Å². The van der Waals surface area contributed by atoms with Gasteiger partial charge in [0.2, 0.25) is 0 Å². The summed E-state index contributed by atoms with van der Waals surface area (Å²) in [4.78, 5) is 4.64. The van der Waals surface area contributed by atoms with E-state index in [9.17, 15) is 4.55 Å². The molecule has 3 rings (SSSR count). The van der Waals surface area contributed by atoms with Gasteiger partial charge >= 0.3 is 0 Å². The lowest BCUT2D eigenvalue weighted by molar-refractivity contribution is 0.0487. The first-order valence-electron chi connectivity index (χ1n) is 15.6. The second-order valence-electron chi connectivity index (χ2n) is 11.1. The van der Waals surface area contributed by atoms with Crippen molar-refractivity contribution in [1.82, 2.24) is 14.0 Å². The molecule has 1 aromatic carbocycles. The van der Waals surface area contributed by atoms with Gasteiger partial charge in [0.05, 0.1) is 20.0 Å². The monoisotopic (exact) mass is 772 g/mol. The fraction of sp³-hybridized carbons (Fsp3) is 0.645. The maximum atomic E-state index is 16.9. The maximum Gasteiger partial charge on any atom is 0.267 e. The molecule has 2 aromatic rings. The summed E-state index contributed by atoms with van der Waals surface area (Å²) in [7, 11) is -2.34. The van der Waals surface area contributed by atoms with Crippen LogP contribution >= 0.6 is 26.0 Å². The molecular weight excluding hydrogens is 725 g/mol. The SMILES string of the molecule is CCCC[S@+]([O-])N[C@@](CS1(=O)=NCCCCN1Cc1ccc(OC)cc1OC)(c1nc(Br)cc(S(CC)(CC)CC)c1F)C(F)F. The number of benzene rings is 1. The zero-order valence-corrected chi connectivity index (χ0v) is 31.6. The van der Waals surface area contributed by atoms with Crippen LogP contribution in [0.25, 0.3) is 0 Å². The Morgan fingerprint density at radius 1 is 1.15 bits per heavy atom. The molecule has 0 bridgehead atoms. The molecule has 15 heteroatoms. The Labute approximate surface area is 286 Å². The summed E-state index contributed by atoms with van der Waals surface area (Å²) in [6.45, 7) is 8.37. The van der Waals surface area contributed by atoms with Crippen LogP contribution in [0.4, 0.5) is 13.2 Å². The largest absolute Gasteiger partial charge is 0.598 e. The van der Waals surface area contributed by atoms with Crippen molar-refractivity contribution in [2.45, 2.75) is 76.8 Å². The number of alkyl halides is 2. The fourth-order valence-corrected chi connectivity index (χ4v) is 13.2. The Balaban J connectivity index is 2.28. The van der Waals surface area contributed by atoms with Gasteiger partial charge in [0.15, 0.2) is 11.4 Å². The first kappa shape index (κ1) is 39.2. The summed E-state index contributed by atoms with van der Waals surface area (Å²) in [6.07, 6.45) is -0.920. The molecule has 0 saturated carbocycles. The summed E-state index contributed by atoms with van der Waals surface area (Å²) in [5.41, 5.74) is -2.60. The fourth-order valence-electron chi connectivity index (χ4n) is 5.67. The predicted molar refractivity (Wildman–Crippen MR) is 188 cm³/mol. The number of ether oxygens (including phenoxy) is 2. The minimum absolute atomic E-state index is 0.0621. The van der Waals surface area contributed by atoms with E-state index in [-0.39, 0.29) is 23.4 Å². The molecule has 0 radical (unpaired) electrons. The predicted octanol–water partition coefficient (Wildman–Crippen LogP) is 7.42. The zero-order valence-electron chi connectivity index (χ0n) is 27.6. The molecule has 0 saturated heterocycles. The van der Waals surface area contributed by atoms with E-state index in [1.54, 1.807) is 28.6 Å². The number of nitrogens with one attached hydrogen (secondary N) is 1. The number of methoxy groups -OCH3 is 2. The van der Waals surface area contributed by atoms with Crippen molar-refractivity contribution < 1.29 is 31.4 Å². The maximum absolute atomic E-state index is 16.9.